The van der Waals surface area contributed by atoms with Gasteiger partial charge in [-0.15, -0.1) is 6.58 Å². The number of sulfone groups is 1. The van der Waals surface area contributed by atoms with E-state index in [1.54, 1.807) is 11.0 Å². The fourth-order valence-corrected chi connectivity index (χ4v) is 5.17. The second-order valence-corrected chi connectivity index (χ2v) is 11.3. The van der Waals surface area contributed by atoms with E-state index in [0.717, 1.165) is 38.7 Å². The summed E-state index contributed by atoms with van der Waals surface area (Å²) in [6, 6.07) is 9.96. The normalized spacial score (nSPS) is 22.1. The molecule has 2 atom stereocenters. The Kier molecular flexibility index (Phi) is 7.71. The third kappa shape index (κ3) is 6.18. The summed E-state index contributed by atoms with van der Waals surface area (Å²) in [5.41, 5.74) is 1.29. The van der Waals surface area contributed by atoms with Crippen molar-refractivity contribution in [3.8, 4) is 0 Å². The fourth-order valence-electron chi connectivity index (χ4n) is 4.68. The number of amides is 1. The summed E-state index contributed by atoms with van der Waals surface area (Å²) in [6.07, 6.45) is 6.69. The van der Waals surface area contributed by atoms with Gasteiger partial charge >= 0.3 is 6.09 Å². The molecule has 2 aromatic rings. The van der Waals surface area contributed by atoms with Crippen LogP contribution in [0.1, 0.15) is 25.3 Å². The minimum Gasteiger partial charge on any atom is -0.446 e. The third-order valence-electron chi connectivity index (χ3n) is 6.58. The van der Waals surface area contributed by atoms with Gasteiger partial charge in [-0.2, -0.15) is 0 Å². The largest absolute Gasteiger partial charge is 0.446 e. The van der Waals surface area contributed by atoms with E-state index < -0.39 is 9.84 Å². The predicted octanol–water partition coefficient (Wildman–Crippen LogP) is 2.75. The van der Waals surface area contributed by atoms with Gasteiger partial charge in [0, 0.05) is 39.0 Å². The Morgan fingerprint density at radius 1 is 1.14 bits per heavy atom. The van der Waals surface area contributed by atoms with E-state index >= 15 is 0 Å². The number of carbonyl (C=O) groups excluding carboxylic acids is 1. The van der Waals surface area contributed by atoms with Crippen LogP contribution < -0.4 is 4.90 Å². The van der Waals surface area contributed by atoms with Crippen LogP contribution in [-0.2, 0) is 21.1 Å². The summed E-state index contributed by atoms with van der Waals surface area (Å²) in [5, 5.41) is 0. The molecule has 4 rings (SSSR count). The zero-order valence-electron chi connectivity index (χ0n) is 20.3. The number of anilines is 1. The third-order valence-corrected chi connectivity index (χ3v) is 7.65. The van der Waals surface area contributed by atoms with Crippen molar-refractivity contribution in [1.82, 2.24) is 19.8 Å². The standard InChI is InChI=1S/C25H33N5O4S/c1-4-21-18-29(24-26-14-23(15-27-24)35(3,32)33)16-19(2)30(21)25(31)34-22-10-12-28(13-11-22)17-20-8-6-5-7-9-20/h4-9,14-15,19,21-22H,1,10-13,16-18H2,2-3H3/t19-,21+/m1/s1. The zero-order chi connectivity index (χ0) is 25.0. The van der Waals surface area contributed by atoms with E-state index in [4.69, 9.17) is 4.74 Å². The second kappa shape index (κ2) is 10.7. The topological polar surface area (TPSA) is 95.9 Å². The SMILES string of the molecule is C=C[C@H]1CN(c2ncc(S(C)(=O)=O)cn2)C[C@@H](C)N1C(=O)OC1CCN(Cc2ccccc2)CC1. The number of aromatic nitrogens is 2. The molecule has 0 unspecified atom stereocenters. The predicted molar refractivity (Wildman–Crippen MR) is 134 cm³/mol. The fraction of sp³-hybridized carbons (Fsp3) is 0.480. The number of ether oxygens (including phenoxy) is 1. The number of nitrogens with zero attached hydrogens (tertiary/aromatic N) is 5. The average molecular weight is 500 g/mol. The highest BCUT2D eigenvalue weighted by Gasteiger charge is 2.37. The van der Waals surface area contributed by atoms with Gasteiger partial charge in [-0.3, -0.25) is 9.80 Å². The van der Waals surface area contributed by atoms with Crippen LogP contribution in [0.25, 0.3) is 0 Å². The number of piperidine rings is 1. The van der Waals surface area contributed by atoms with Crippen molar-refractivity contribution < 1.29 is 17.9 Å². The number of piperazine rings is 1. The molecule has 0 aliphatic carbocycles. The lowest BCUT2D eigenvalue weighted by Crippen LogP contribution is -2.60. The summed E-state index contributed by atoms with van der Waals surface area (Å²) in [6.45, 7) is 9.53. The van der Waals surface area contributed by atoms with Gasteiger partial charge in [-0.25, -0.2) is 23.2 Å². The van der Waals surface area contributed by atoms with Gasteiger partial charge in [-0.05, 0) is 25.3 Å². The van der Waals surface area contributed by atoms with Gasteiger partial charge in [0.15, 0.2) is 9.84 Å². The van der Waals surface area contributed by atoms with Crippen LogP contribution in [0, 0.1) is 0 Å². The van der Waals surface area contributed by atoms with E-state index in [2.05, 4.69) is 45.7 Å². The van der Waals surface area contributed by atoms with E-state index in [-0.39, 0.29) is 29.2 Å². The van der Waals surface area contributed by atoms with Gasteiger partial charge in [0.2, 0.25) is 5.95 Å². The first-order valence-electron chi connectivity index (χ1n) is 11.9. The summed E-state index contributed by atoms with van der Waals surface area (Å²) in [5.74, 6) is 0.426. The van der Waals surface area contributed by atoms with E-state index in [1.165, 1.54) is 18.0 Å². The number of hydrogen-bond donors (Lipinski definition) is 0. The number of benzene rings is 1. The smallest absolute Gasteiger partial charge is 0.410 e. The van der Waals surface area contributed by atoms with Crippen molar-refractivity contribution in [3.63, 3.8) is 0 Å². The molecule has 1 aromatic carbocycles. The minimum absolute atomic E-state index is 0.0756. The molecule has 0 radical (unpaired) electrons. The Labute approximate surface area is 207 Å². The molecule has 2 saturated heterocycles. The maximum Gasteiger partial charge on any atom is 0.410 e. The molecular formula is C25H33N5O4S. The monoisotopic (exact) mass is 499 g/mol. The molecule has 0 saturated carbocycles. The van der Waals surface area contributed by atoms with E-state index in [0.29, 0.717) is 19.0 Å². The molecule has 1 amide bonds. The molecular weight excluding hydrogens is 466 g/mol. The minimum atomic E-state index is -3.36. The number of hydrogen-bond acceptors (Lipinski definition) is 8. The summed E-state index contributed by atoms with van der Waals surface area (Å²) in [4.78, 5) is 27.8. The van der Waals surface area contributed by atoms with Gasteiger partial charge in [0.25, 0.3) is 0 Å². The Balaban J connectivity index is 1.32. The first-order valence-corrected chi connectivity index (χ1v) is 13.8. The van der Waals surface area contributed by atoms with Gasteiger partial charge < -0.3 is 9.64 Å². The molecule has 0 bridgehead atoms. The maximum absolute atomic E-state index is 13.1. The van der Waals surface area contributed by atoms with Gasteiger partial charge in [-0.1, -0.05) is 36.4 Å². The van der Waals surface area contributed by atoms with E-state index in [9.17, 15) is 13.2 Å². The van der Waals surface area contributed by atoms with Crippen molar-refractivity contribution in [2.75, 3.05) is 37.3 Å². The molecule has 2 fully saturated rings. The van der Waals surface area contributed by atoms with Crippen LogP contribution in [-0.4, -0.2) is 84.9 Å². The Bertz CT molecular complexity index is 1120. The molecule has 0 spiro atoms. The second-order valence-electron chi connectivity index (χ2n) is 9.30. The summed E-state index contributed by atoms with van der Waals surface area (Å²) in [7, 11) is -3.36. The summed E-state index contributed by atoms with van der Waals surface area (Å²) < 4.78 is 29.3. The first-order chi connectivity index (χ1) is 16.7. The van der Waals surface area contributed by atoms with Crippen LogP contribution >= 0.6 is 0 Å². The van der Waals surface area contributed by atoms with Gasteiger partial charge in [0.1, 0.15) is 11.0 Å². The lowest BCUT2D eigenvalue weighted by atomic mass is 10.1. The Morgan fingerprint density at radius 2 is 1.80 bits per heavy atom. The van der Waals surface area contributed by atoms with Crippen LogP contribution in [0.4, 0.5) is 10.7 Å². The van der Waals surface area contributed by atoms with Crippen molar-refractivity contribution in [2.45, 2.75) is 49.4 Å². The van der Waals surface area contributed by atoms with Crippen molar-refractivity contribution in [2.24, 2.45) is 0 Å². The van der Waals surface area contributed by atoms with Crippen LogP contribution in [0.15, 0.2) is 60.3 Å². The molecule has 0 N–H and O–H groups in total. The van der Waals surface area contributed by atoms with Crippen LogP contribution in [0.5, 0.6) is 0 Å². The van der Waals surface area contributed by atoms with Gasteiger partial charge in [0.05, 0.1) is 24.5 Å². The van der Waals surface area contributed by atoms with E-state index in [1.807, 2.05) is 17.9 Å². The molecule has 1 aromatic heterocycles. The lowest BCUT2D eigenvalue weighted by Gasteiger charge is -2.44. The Morgan fingerprint density at radius 3 is 2.40 bits per heavy atom. The molecule has 10 heteroatoms. The highest BCUT2D eigenvalue weighted by atomic mass is 32.2. The molecule has 2 aliphatic rings. The van der Waals surface area contributed by atoms with Crippen molar-refractivity contribution in [1.29, 1.82) is 0 Å². The maximum atomic E-state index is 13.1. The highest BCUT2D eigenvalue weighted by molar-refractivity contribution is 7.90. The number of carbonyl (C=O) groups is 1. The quantitative estimate of drug-likeness (QED) is 0.560. The Hall–Kier alpha value is -2.98. The summed E-state index contributed by atoms with van der Waals surface area (Å²) >= 11 is 0. The molecule has 9 nitrogen and oxygen atoms in total. The zero-order valence-corrected chi connectivity index (χ0v) is 21.1. The number of likely N-dealkylation sites (tertiary alicyclic amines) is 1. The molecule has 35 heavy (non-hydrogen) atoms. The van der Waals surface area contributed by atoms with Crippen molar-refractivity contribution in [3.05, 3.63) is 60.9 Å². The molecule has 3 heterocycles. The van der Waals surface area contributed by atoms with Crippen molar-refractivity contribution >= 4 is 21.9 Å². The van der Waals surface area contributed by atoms with Crippen LogP contribution in [0.2, 0.25) is 0 Å². The highest BCUT2D eigenvalue weighted by Crippen LogP contribution is 2.24. The number of rotatable bonds is 6. The lowest BCUT2D eigenvalue weighted by molar-refractivity contribution is 0.0128. The molecule has 188 valence electrons. The van der Waals surface area contributed by atoms with Crippen LogP contribution in [0.3, 0.4) is 0 Å². The first kappa shape index (κ1) is 25.1. The average Bonchev–Trinajstić information content (AvgIpc) is 2.84. The molecule has 2 aliphatic heterocycles.